The molecule has 1 fully saturated rings. The van der Waals surface area contributed by atoms with Crippen molar-refractivity contribution in [3.05, 3.63) is 47.8 Å². The van der Waals surface area contributed by atoms with Gasteiger partial charge in [-0.15, -0.1) is 0 Å². The largest absolute Gasteiger partial charge is 0.416 e. The summed E-state index contributed by atoms with van der Waals surface area (Å²) in [7, 11) is 0. The van der Waals surface area contributed by atoms with Crippen molar-refractivity contribution in [2.24, 2.45) is 0 Å². The van der Waals surface area contributed by atoms with E-state index in [4.69, 9.17) is 0 Å². The van der Waals surface area contributed by atoms with Crippen LogP contribution in [0.2, 0.25) is 0 Å². The zero-order valence-corrected chi connectivity index (χ0v) is 17.4. The predicted molar refractivity (Wildman–Crippen MR) is 113 cm³/mol. The van der Waals surface area contributed by atoms with Crippen LogP contribution in [0.5, 0.6) is 0 Å². The van der Waals surface area contributed by atoms with Crippen molar-refractivity contribution < 1.29 is 18.0 Å². The minimum Gasteiger partial charge on any atom is -0.370 e. The minimum atomic E-state index is -4.49. The van der Waals surface area contributed by atoms with Gasteiger partial charge in [0, 0.05) is 30.7 Å². The molecule has 2 aromatic heterocycles. The number of pyridine rings is 1. The van der Waals surface area contributed by atoms with Gasteiger partial charge in [0.1, 0.15) is 0 Å². The predicted octanol–water partition coefficient (Wildman–Crippen LogP) is 5.27. The number of nitrogens with zero attached hydrogens (tertiary/aromatic N) is 4. The van der Waals surface area contributed by atoms with E-state index in [1.165, 1.54) is 12.3 Å². The summed E-state index contributed by atoms with van der Waals surface area (Å²) in [6.07, 6.45) is 1.58. The molecule has 31 heavy (non-hydrogen) atoms. The molecule has 6 nitrogen and oxygen atoms in total. The summed E-state index contributed by atoms with van der Waals surface area (Å²) in [5.41, 5.74) is 0.871. The molecule has 1 aliphatic heterocycles. The van der Waals surface area contributed by atoms with E-state index in [1.807, 2.05) is 18.7 Å². The molecule has 1 aromatic carbocycles. The van der Waals surface area contributed by atoms with Gasteiger partial charge in [0.05, 0.1) is 28.7 Å². The van der Waals surface area contributed by atoms with Crippen molar-refractivity contribution >= 4 is 28.3 Å². The van der Waals surface area contributed by atoms with Gasteiger partial charge in [-0.2, -0.15) is 18.3 Å². The Morgan fingerprint density at radius 2 is 1.84 bits per heavy atom. The van der Waals surface area contributed by atoms with Crippen LogP contribution in [0.1, 0.15) is 55.1 Å². The number of halogens is 3. The molecule has 0 spiro atoms. The fourth-order valence-electron chi connectivity index (χ4n) is 3.86. The van der Waals surface area contributed by atoms with Gasteiger partial charge in [-0.1, -0.05) is 0 Å². The van der Waals surface area contributed by atoms with Crippen molar-refractivity contribution in [1.29, 1.82) is 0 Å². The van der Waals surface area contributed by atoms with Gasteiger partial charge < -0.3 is 10.2 Å². The van der Waals surface area contributed by atoms with Crippen LogP contribution in [0.4, 0.5) is 24.5 Å². The Labute approximate surface area is 178 Å². The molecule has 1 N–H and O–H groups in total. The number of nitrogens with one attached hydrogen (secondary N) is 1. The normalized spacial score (nSPS) is 15.0. The fourth-order valence-corrected chi connectivity index (χ4v) is 3.86. The second-order valence-electron chi connectivity index (χ2n) is 8.05. The van der Waals surface area contributed by atoms with E-state index in [0.717, 1.165) is 44.5 Å². The summed E-state index contributed by atoms with van der Waals surface area (Å²) in [6.45, 7) is 5.45. The first kappa shape index (κ1) is 21.1. The number of benzene rings is 1. The first-order chi connectivity index (χ1) is 14.7. The van der Waals surface area contributed by atoms with Crippen LogP contribution in [0.3, 0.4) is 0 Å². The summed E-state index contributed by atoms with van der Waals surface area (Å²) in [5.74, 6) is -0.510. The number of fused-ring (bicyclic) bond motifs is 1. The topological polar surface area (TPSA) is 63.1 Å². The molecule has 1 amide bonds. The van der Waals surface area contributed by atoms with Crippen molar-refractivity contribution in [1.82, 2.24) is 14.8 Å². The Balaban J connectivity index is 1.66. The Morgan fingerprint density at radius 1 is 1.10 bits per heavy atom. The van der Waals surface area contributed by atoms with E-state index >= 15 is 0 Å². The number of hydrogen-bond donors (Lipinski definition) is 1. The van der Waals surface area contributed by atoms with Crippen LogP contribution >= 0.6 is 0 Å². The van der Waals surface area contributed by atoms with Gasteiger partial charge >= 0.3 is 6.18 Å². The van der Waals surface area contributed by atoms with E-state index in [0.29, 0.717) is 16.7 Å². The highest BCUT2D eigenvalue weighted by molar-refractivity contribution is 6.07. The molecular weight excluding hydrogens is 407 g/mol. The maximum atomic E-state index is 13.3. The smallest absolute Gasteiger partial charge is 0.370 e. The average molecular weight is 431 g/mol. The lowest BCUT2D eigenvalue weighted by molar-refractivity contribution is -0.137. The molecule has 1 aliphatic rings. The molecule has 0 saturated carbocycles. The van der Waals surface area contributed by atoms with E-state index in [2.05, 4.69) is 15.4 Å². The summed E-state index contributed by atoms with van der Waals surface area (Å²) in [4.78, 5) is 19.3. The third kappa shape index (κ3) is 4.35. The molecule has 0 aliphatic carbocycles. The number of piperidine rings is 1. The lowest BCUT2D eigenvalue weighted by atomic mass is 10.1. The molecule has 0 atom stereocenters. The Hall–Kier alpha value is -3.10. The summed E-state index contributed by atoms with van der Waals surface area (Å²) in [5, 5.41) is 7.66. The molecule has 1 saturated heterocycles. The van der Waals surface area contributed by atoms with E-state index < -0.39 is 17.6 Å². The summed E-state index contributed by atoms with van der Waals surface area (Å²) in [6, 6.07) is 5.27. The second kappa shape index (κ2) is 8.20. The quantitative estimate of drug-likeness (QED) is 0.611. The average Bonchev–Trinajstić information content (AvgIpc) is 3.17. The van der Waals surface area contributed by atoms with E-state index in [-0.39, 0.29) is 17.3 Å². The van der Waals surface area contributed by atoms with Gasteiger partial charge in [0.15, 0.2) is 5.65 Å². The van der Waals surface area contributed by atoms with Crippen LogP contribution in [0.15, 0.2) is 36.7 Å². The van der Waals surface area contributed by atoms with Crippen LogP contribution in [-0.4, -0.2) is 33.8 Å². The van der Waals surface area contributed by atoms with Crippen molar-refractivity contribution in [3.8, 4) is 0 Å². The molecule has 3 aromatic rings. The van der Waals surface area contributed by atoms with Gasteiger partial charge in [-0.3, -0.25) is 4.79 Å². The van der Waals surface area contributed by atoms with E-state index in [1.54, 1.807) is 16.9 Å². The Morgan fingerprint density at radius 3 is 2.52 bits per heavy atom. The minimum absolute atomic E-state index is 0.113. The molecular formula is C22H24F3N5O. The van der Waals surface area contributed by atoms with Gasteiger partial charge in [0.2, 0.25) is 0 Å². The molecule has 0 bridgehead atoms. The number of aromatic nitrogens is 3. The number of rotatable bonds is 4. The zero-order chi connectivity index (χ0) is 22.2. The molecule has 164 valence electrons. The van der Waals surface area contributed by atoms with Crippen LogP contribution in [-0.2, 0) is 6.18 Å². The second-order valence-corrected chi connectivity index (χ2v) is 8.05. The number of alkyl halides is 3. The molecule has 0 unspecified atom stereocenters. The number of amides is 1. The van der Waals surface area contributed by atoms with Crippen molar-refractivity contribution in [2.75, 3.05) is 23.3 Å². The Bertz CT molecular complexity index is 1100. The lowest BCUT2D eigenvalue weighted by Crippen LogP contribution is -2.30. The molecule has 4 rings (SSSR count). The Kier molecular flexibility index (Phi) is 5.60. The third-order valence-electron chi connectivity index (χ3n) is 5.45. The molecule has 0 radical (unpaired) electrons. The fraction of sp³-hybridized carbons (Fsp3) is 0.409. The number of anilines is 2. The van der Waals surface area contributed by atoms with Crippen LogP contribution in [0, 0.1) is 0 Å². The lowest BCUT2D eigenvalue weighted by Gasteiger charge is -2.31. The standard InChI is InChI=1S/C22H24F3N5O/c1-14(2)30-20-15(13-27-30)10-16(12-26-20)21(31)28-18-11-17(22(23,24)25)6-7-19(18)29-8-4-3-5-9-29/h6-7,10-14H,3-5,8-9H2,1-2H3,(H,28,31). The van der Waals surface area contributed by atoms with Crippen LogP contribution in [0.25, 0.3) is 11.0 Å². The number of carbonyl (C=O) groups is 1. The third-order valence-corrected chi connectivity index (χ3v) is 5.45. The number of carbonyl (C=O) groups excluding carboxylic acids is 1. The van der Waals surface area contributed by atoms with Gasteiger partial charge in [0.25, 0.3) is 5.91 Å². The zero-order valence-electron chi connectivity index (χ0n) is 17.4. The van der Waals surface area contributed by atoms with Gasteiger partial charge in [-0.25, -0.2) is 9.67 Å². The first-order valence-corrected chi connectivity index (χ1v) is 10.3. The summed E-state index contributed by atoms with van der Waals surface area (Å²) >= 11 is 0. The maximum Gasteiger partial charge on any atom is 0.416 e. The highest BCUT2D eigenvalue weighted by atomic mass is 19.4. The van der Waals surface area contributed by atoms with Crippen LogP contribution < -0.4 is 10.2 Å². The molecule has 3 heterocycles. The van der Waals surface area contributed by atoms with Crippen molar-refractivity contribution in [2.45, 2.75) is 45.3 Å². The SMILES string of the molecule is CC(C)n1ncc2cc(C(=O)Nc3cc(C(F)(F)F)ccc3N3CCCCC3)cnc21. The van der Waals surface area contributed by atoms with Gasteiger partial charge in [-0.05, 0) is 57.4 Å². The highest BCUT2D eigenvalue weighted by Gasteiger charge is 2.32. The first-order valence-electron chi connectivity index (χ1n) is 10.3. The van der Waals surface area contributed by atoms with E-state index in [9.17, 15) is 18.0 Å². The summed E-state index contributed by atoms with van der Waals surface area (Å²) < 4.78 is 41.6. The maximum absolute atomic E-state index is 13.3. The number of hydrogen-bond acceptors (Lipinski definition) is 4. The highest BCUT2D eigenvalue weighted by Crippen LogP contribution is 2.36. The monoisotopic (exact) mass is 431 g/mol. The molecule has 9 heteroatoms. The van der Waals surface area contributed by atoms with Crippen molar-refractivity contribution in [3.63, 3.8) is 0 Å².